The monoisotopic (exact) mass is 206 g/mol. The van der Waals surface area contributed by atoms with Crippen LogP contribution in [0.25, 0.3) is 0 Å². The van der Waals surface area contributed by atoms with Crippen molar-refractivity contribution in [3.63, 3.8) is 0 Å². The number of thioether (sulfide) groups is 1. The highest BCUT2D eigenvalue weighted by Crippen LogP contribution is 2.28. The summed E-state index contributed by atoms with van der Waals surface area (Å²) in [5.74, 6) is 1.08. The van der Waals surface area contributed by atoms with Crippen LogP contribution in [-0.4, -0.2) is 10.9 Å². The van der Waals surface area contributed by atoms with Gasteiger partial charge in [-0.1, -0.05) is 41.6 Å². The molecule has 1 heterocycles. The number of hydrogen-bond acceptors (Lipinski definition) is 3. The van der Waals surface area contributed by atoms with Crippen LogP contribution in [0.5, 0.6) is 0 Å². The molecule has 1 aliphatic heterocycles. The highest BCUT2D eigenvalue weighted by molar-refractivity contribution is 8.13. The number of nitrogens with zero attached hydrogens (tertiary/aromatic N) is 1. The van der Waals surface area contributed by atoms with E-state index in [0.717, 1.165) is 17.3 Å². The van der Waals surface area contributed by atoms with Gasteiger partial charge in [0.15, 0.2) is 5.17 Å². The van der Waals surface area contributed by atoms with Crippen molar-refractivity contribution in [1.29, 1.82) is 0 Å². The van der Waals surface area contributed by atoms with E-state index in [1.807, 2.05) is 0 Å². The lowest BCUT2D eigenvalue weighted by Crippen LogP contribution is -2.15. The van der Waals surface area contributed by atoms with Crippen LogP contribution in [0.1, 0.15) is 23.6 Å². The minimum Gasteiger partial charge on any atom is -0.379 e. The predicted octanol–water partition coefficient (Wildman–Crippen LogP) is 2.49. The summed E-state index contributed by atoms with van der Waals surface area (Å²) in [6, 6.07) is 8.82. The van der Waals surface area contributed by atoms with E-state index in [2.05, 4.69) is 36.2 Å². The Hall–Kier alpha value is -0.960. The van der Waals surface area contributed by atoms with Crippen molar-refractivity contribution in [3.8, 4) is 0 Å². The summed E-state index contributed by atoms with van der Waals surface area (Å²) >= 11 is 1.65. The van der Waals surface area contributed by atoms with E-state index in [0.29, 0.717) is 0 Å². The Bertz CT molecular complexity index is 343. The van der Waals surface area contributed by atoms with Crippen molar-refractivity contribution >= 4 is 16.9 Å². The molecule has 0 saturated carbocycles. The Morgan fingerprint density at radius 3 is 2.71 bits per heavy atom. The largest absolute Gasteiger partial charge is 0.379 e. The van der Waals surface area contributed by atoms with Gasteiger partial charge in [0.2, 0.25) is 0 Å². The number of nitrogens with two attached hydrogens (primary N) is 1. The second-order valence-corrected chi connectivity index (χ2v) is 4.65. The molecule has 0 spiro atoms. The molecule has 74 valence electrons. The third-order valence-corrected chi connectivity index (χ3v) is 3.23. The highest BCUT2D eigenvalue weighted by Gasteiger charge is 2.15. The zero-order chi connectivity index (χ0) is 9.97. The molecule has 0 aromatic heterocycles. The van der Waals surface area contributed by atoms with E-state index in [-0.39, 0.29) is 6.04 Å². The van der Waals surface area contributed by atoms with Crippen LogP contribution in [-0.2, 0) is 0 Å². The first-order chi connectivity index (χ1) is 6.75. The average molecular weight is 206 g/mol. The fourth-order valence-electron chi connectivity index (χ4n) is 1.56. The number of hydrogen-bond donors (Lipinski definition) is 1. The summed E-state index contributed by atoms with van der Waals surface area (Å²) < 4.78 is 0. The van der Waals surface area contributed by atoms with Crippen molar-refractivity contribution < 1.29 is 0 Å². The molecule has 0 saturated heterocycles. The van der Waals surface area contributed by atoms with E-state index in [9.17, 15) is 0 Å². The van der Waals surface area contributed by atoms with Crippen LogP contribution in [0.15, 0.2) is 29.3 Å². The standard InChI is InChI=1S/C11H14N2S/c1-8-2-4-9(5-3-8)10-6-7-14-11(12)13-10/h2-5,10H,6-7H2,1H3,(H2,12,13). The van der Waals surface area contributed by atoms with E-state index in [4.69, 9.17) is 5.73 Å². The second-order valence-electron chi connectivity index (χ2n) is 3.53. The van der Waals surface area contributed by atoms with Gasteiger partial charge in [-0.2, -0.15) is 0 Å². The molecule has 0 aliphatic carbocycles. The zero-order valence-electron chi connectivity index (χ0n) is 8.23. The summed E-state index contributed by atoms with van der Waals surface area (Å²) in [7, 11) is 0. The lowest BCUT2D eigenvalue weighted by atomic mass is 10.0. The summed E-state index contributed by atoms with van der Waals surface area (Å²) in [5.41, 5.74) is 8.27. The molecule has 0 amide bonds. The topological polar surface area (TPSA) is 38.4 Å². The molecular weight excluding hydrogens is 192 g/mol. The van der Waals surface area contributed by atoms with Crippen molar-refractivity contribution in [2.75, 3.05) is 5.75 Å². The highest BCUT2D eigenvalue weighted by atomic mass is 32.2. The third-order valence-electron chi connectivity index (χ3n) is 2.39. The van der Waals surface area contributed by atoms with Gasteiger partial charge >= 0.3 is 0 Å². The minimum absolute atomic E-state index is 0.275. The van der Waals surface area contributed by atoms with Gasteiger partial charge in [0.05, 0.1) is 6.04 Å². The maximum atomic E-state index is 5.71. The first kappa shape index (κ1) is 9.59. The zero-order valence-corrected chi connectivity index (χ0v) is 9.05. The second kappa shape index (κ2) is 4.05. The molecule has 2 rings (SSSR count). The molecule has 1 atom stereocenters. The lowest BCUT2D eigenvalue weighted by molar-refractivity contribution is 0.703. The fourth-order valence-corrected chi connectivity index (χ4v) is 2.31. The van der Waals surface area contributed by atoms with Gasteiger partial charge in [0.25, 0.3) is 0 Å². The van der Waals surface area contributed by atoms with Crippen LogP contribution in [0.2, 0.25) is 0 Å². The maximum absolute atomic E-state index is 5.71. The fraction of sp³-hybridized carbons (Fsp3) is 0.364. The SMILES string of the molecule is Cc1ccc(C2CCSC(N)=N2)cc1. The lowest BCUT2D eigenvalue weighted by Gasteiger charge is -2.18. The molecule has 14 heavy (non-hydrogen) atoms. The Balaban J connectivity index is 2.22. The van der Waals surface area contributed by atoms with Gasteiger partial charge in [0.1, 0.15) is 0 Å². The van der Waals surface area contributed by atoms with Gasteiger partial charge in [0, 0.05) is 5.75 Å². The van der Waals surface area contributed by atoms with Crippen LogP contribution >= 0.6 is 11.8 Å². The smallest absolute Gasteiger partial charge is 0.154 e. The molecule has 0 bridgehead atoms. The van der Waals surface area contributed by atoms with Gasteiger partial charge in [-0.05, 0) is 18.9 Å². The van der Waals surface area contributed by atoms with Gasteiger partial charge in [-0.25, -0.2) is 0 Å². The van der Waals surface area contributed by atoms with Crippen molar-refractivity contribution in [2.45, 2.75) is 19.4 Å². The number of rotatable bonds is 1. The van der Waals surface area contributed by atoms with Crippen LogP contribution in [0.4, 0.5) is 0 Å². The molecule has 1 aliphatic rings. The van der Waals surface area contributed by atoms with Gasteiger partial charge in [-0.15, -0.1) is 0 Å². The normalized spacial score (nSPS) is 21.8. The van der Waals surface area contributed by atoms with Crippen LogP contribution in [0.3, 0.4) is 0 Å². The summed E-state index contributed by atoms with van der Waals surface area (Å²) in [5, 5.41) is 0.724. The van der Waals surface area contributed by atoms with E-state index in [1.165, 1.54) is 11.1 Å². The molecule has 3 heteroatoms. The molecule has 2 nitrogen and oxygen atoms in total. The third kappa shape index (κ3) is 2.10. The quantitative estimate of drug-likeness (QED) is 0.766. The maximum Gasteiger partial charge on any atom is 0.154 e. The van der Waals surface area contributed by atoms with Gasteiger partial charge in [-0.3, -0.25) is 4.99 Å². The van der Waals surface area contributed by atoms with Crippen LogP contribution < -0.4 is 5.73 Å². The number of aliphatic imine (C=N–C) groups is 1. The minimum atomic E-state index is 0.275. The summed E-state index contributed by atoms with van der Waals surface area (Å²) in [4.78, 5) is 4.44. The van der Waals surface area contributed by atoms with Crippen LogP contribution in [0, 0.1) is 6.92 Å². The Kier molecular flexibility index (Phi) is 2.77. The van der Waals surface area contributed by atoms with Crippen molar-refractivity contribution in [3.05, 3.63) is 35.4 Å². The summed E-state index contributed by atoms with van der Waals surface area (Å²) in [6.07, 6.45) is 1.09. The molecular formula is C11H14N2S. The first-order valence-electron chi connectivity index (χ1n) is 4.78. The number of aryl methyl sites for hydroxylation is 1. The van der Waals surface area contributed by atoms with E-state index < -0.39 is 0 Å². The number of benzene rings is 1. The van der Waals surface area contributed by atoms with Crippen molar-refractivity contribution in [2.24, 2.45) is 10.7 Å². The number of amidine groups is 1. The van der Waals surface area contributed by atoms with Gasteiger partial charge < -0.3 is 5.73 Å². The predicted molar refractivity (Wildman–Crippen MR) is 62.6 cm³/mol. The van der Waals surface area contributed by atoms with Crippen molar-refractivity contribution in [1.82, 2.24) is 0 Å². The first-order valence-corrected chi connectivity index (χ1v) is 5.77. The molecule has 2 N–H and O–H groups in total. The summed E-state index contributed by atoms with van der Waals surface area (Å²) in [6.45, 7) is 2.10. The Labute approximate surface area is 88.6 Å². The molecule has 1 aromatic rings. The Morgan fingerprint density at radius 2 is 2.07 bits per heavy atom. The molecule has 1 aromatic carbocycles. The molecule has 1 unspecified atom stereocenters. The van der Waals surface area contributed by atoms with E-state index >= 15 is 0 Å². The molecule has 0 radical (unpaired) electrons. The van der Waals surface area contributed by atoms with E-state index in [1.54, 1.807) is 11.8 Å². The Morgan fingerprint density at radius 1 is 1.36 bits per heavy atom. The average Bonchev–Trinajstić information content (AvgIpc) is 2.19. The molecule has 0 fully saturated rings.